The van der Waals surface area contributed by atoms with Gasteiger partial charge in [0, 0.05) is 53.5 Å². The molecule has 3 aliphatic rings. The number of alkyl halides is 3. The van der Waals surface area contributed by atoms with Gasteiger partial charge >= 0.3 is 6.18 Å². The lowest BCUT2D eigenvalue weighted by atomic mass is 9.93. The normalized spacial score (nSPS) is 15.7. The van der Waals surface area contributed by atoms with E-state index in [9.17, 15) is 13.2 Å². The Balaban J connectivity index is 1.28. The van der Waals surface area contributed by atoms with Crippen molar-refractivity contribution in [1.29, 1.82) is 0 Å². The molecule has 9 nitrogen and oxygen atoms in total. The Morgan fingerprint density at radius 2 is 1.65 bits per heavy atom. The molecule has 0 saturated carbocycles. The van der Waals surface area contributed by atoms with E-state index in [1.54, 1.807) is 32.7 Å². The summed E-state index contributed by atoms with van der Waals surface area (Å²) in [4.78, 5) is 17.9. The van der Waals surface area contributed by atoms with E-state index >= 15 is 0 Å². The Morgan fingerprint density at radius 3 is 2.29 bits per heavy atom. The van der Waals surface area contributed by atoms with Crippen LogP contribution in [0.25, 0.3) is 11.1 Å². The number of aliphatic imine (C=N–C) groups is 1. The number of halogens is 5. The molecule has 0 amide bonds. The minimum Gasteiger partial charge on any atom is -0.497 e. The first kappa shape index (κ1) is 36.7. The van der Waals surface area contributed by atoms with Crippen LogP contribution in [-0.2, 0) is 25.7 Å². The lowest BCUT2D eigenvalue weighted by molar-refractivity contribution is -0.138. The Labute approximate surface area is 329 Å². The van der Waals surface area contributed by atoms with Crippen molar-refractivity contribution in [3.63, 3.8) is 0 Å². The van der Waals surface area contributed by atoms with Gasteiger partial charge in [-0.2, -0.15) is 13.2 Å². The van der Waals surface area contributed by atoms with Crippen molar-refractivity contribution in [3.05, 3.63) is 134 Å². The first-order valence-corrected chi connectivity index (χ1v) is 18.7. The number of ether oxygens (including phenoxy) is 3. The number of pyridine rings is 2. The zero-order valence-electron chi connectivity index (χ0n) is 30.0. The average Bonchev–Trinajstić information content (AvgIpc) is 3.53. The number of aromatic nitrogens is 2. The van der Waals surface area contributed by atoms with Gasteiger partial charge in [0.25, 0.3) is 0 Å². The minimum atomic E-state index is -4.67. The number of benzene rings is 3. The Morgan fingerprint density at radius 1 is 0.982 bits per heavy atom. The molecule has 2 aromatic heterocycles. The van der Waals surface area contributed by atoms with Gasteiger partial charge in [0.15, 0.2) is 0 Å². The maximum Gasteiger partial charge on any atom is 0.418 e. The van der Waals surface area contributed by atoms with E-state index in [0.29, 0.717) is 58.8 Å². The zero-order valence-corrected chi connectivity index (χ0v) is 32.4. The van der Waals surface area contributed by atoms with Crippen molar-refractivity contribution in [1.82, 2.24) is 14.9 Å². The SMILES string of the molecule is COc1ccc(CN(Cc2ccc(OC)cc2)c2ncc(C(F)(F)F)c(C)c2-c2cc3c4c(c2Cl)NCN=C4N(C2CCc4c(Br)cncc42)C=CO3)cc1. The number of rotatable bonds is 9. The molecule has 0 fully saturated rings. The van der Waals surface area contributed by atoms with Gasteiger partial charge in [0.2, 0.25) is 0 Å². The third-order valence-electron chi connectivity index (χ3n) is 10.3. The van der Waals surface area contributed by atoms with E-state index in [2.05, 4.69) is 36.1 Å². The number of nitrogens with one attached hydrogen (secondary N) is 1. The van der Waals surface area contributed by atoms with Crippen LogP contribution >= 0.6 is 27.5 Å². The van der Waals surface area contributed by atoms with Crippen molar-refractivity contribution >= 4 is 44.9 Å². The molecule has 55 heavy (non-hydrogen) atoms. The van der Waals surface area contributed by atoms with Crippen LogP contribution in [0, 0.1) is 6.92 Å². The van der Waals surface area contributed by atoms with E-state index in [1.165, 1.54) is 12.5 Å². The van der Waals surface area contributed by atoms with Crippen LogP contribution in [0.3, 0.4) is 0 Å². The third-order valence-corrected chi connectivity index (χ3v) is 11.3. The molecule has 8 rings (SSSR count). The number of amidine groups is 1. The molecule has 0 bridgehead atoms. The lowest BCUT2D eigenvalue weighted by Crippen LogP contribution is -2.33. The molecule has 3 aromatic carbocycles. The zero-order chi connectivity index (χ0) is 38.4. The highest BCUT2D eigenvalue weighted by atomic mass is 79.9. The molecule has 1 aliphatic carbocycles. The van der Waals surface area contributed by atoms with Crippen LogP contribution in [0.1, 0.15) is 51.4 Å². The van der Waals surface area contributed by atoms with Crippen molar-refractivity contribution in [2.75, 3.05) is 31.1 Å². The predicted molar refractivity (Wildman–Crippen MR) is 210 cm³/mol. The maximum absolute atomic E-state index is 14.7. The second kappa shape index (κ2) is 14.8. The van der Waals surface area contributed by atoms with Crippen molar-refractivity contribution < 1.29 is 27.4 Å². The van der Waals surface area contributed by atoms with Gasteiger partial charge in [-0.1, -0.05) is 35.9 Å². The molecule has 0 radical (unpaired) electrons. The second-order valence-electron chi connectivity index (χ2n) is 13.4. The summed E-state index contributed by atoms with van der Waals surface area (Å²) in [5, 5.41) is 3.54. The average molecular weight is 832 g/mol. The molecular weight excluding hydrogens is 797 g/mol. The van der Waals surface area contributed by atoms with E-state index in [1.807, 2.05) is 65.8 Å². The maximum atomic E-state index is 14.7. The fourth-order valence-electron chi connectivity index (χ4n) is 7.57. The van der Waals surface area contributed by atoms with Gasteiger partial charge < -0.3 is 29.3 Å². The fourth-order valence-corrected chi connectivity index (χ4v) is 8.43. The Hall–Kier alpha value is -5.27. The van der Waals surface area contributed by atoms with Crippen LogP contribution in [0.2, 0.25) is 5.02 Å². The van der Waals surface area contributed by atoms with Crippen LogP contribution in [0.4, 0.5) is 24.7 Å². The second-order valence-corrected chi connectivity index (χ2v) is 14.6. The summed E-state index contributed by atoms with van der Waals surface area (Å²) in [5.74, 6) is 2.73. The highest BCUT2D eigenvalue weighted by Gasteiger charge is 2.39. The third kappa shape index (κ3) is 6.84. The predicted octanol–water partition coefficient (Wildman–Crippen LogP) is 10.1. The molecule has 2 aliphatic heterocycles. The molecule has 282 valence electrons. The summed E-state index contributed by atoms with van der Waals surface area (Å²) in [7, 11) is 3.18. The minimum absolute atomic E-state index is 0.0165. The van der Waals surface area contributed by atoms with E-state index < -0.39 is 11.7 Å². The van der Waals surface area contributed by atoms with Crippen molar-refractivity contribution in [3.8, 4) is 28.4 Å². The highest BCUT2D eigenvalue weighted by Crippen LogP contribution is 2.50. The molecule has 14 heteroatoms. The largest absolute Gasteiger partial charge is 0.497 e. The van der Waals surface area contributed by atoms with Gasteiger partial charge in [-0.3, -0.25) is 4.98 Å². The smallest absolute Gasteiger partial charge is 0.418 e. The Bertz CT molecular complexity index is 2290. The molecule has 5 aromatic rings. The van der Waals surface area contributed by atoms with Crippen molar-refractivity contribution in [2.24, 2.45) is 4.99 Å². The van der Waals surface area contributed by atoms with Gasteiger partial charge in [-0.25, -0.2) is 9.98 Å². The monoisotopic (exact) mass is 830 g/mol. The first-order valence-electron chi connectivity index (χ1n) is 17.5. The topological polar surface area (TPSA) is 84.3 Å². The summed E-state index contributed by atoms with van der Waals surface area (Å²) < 4.78 is 62.0. The number of nitrogens with zero attached hydrogens (tertiary/aromatic N) is 5. The van der Waals surface area contributed by atoms with Gasteiger partial charge in [0.1, 0.15) is 41.8 Å². The van der Waals surface area contributed by atoms with Gasteiger partial charge in [0.05, 0.1) is 42.1 Å². The molecule has 4 heterocycles. The summed E-state index contributed by atoms with van der Waals surface area (Å²) in [6, 6.07) is 16.7. The molecule has 1 unspecified atom stereocenters. The number of fused-ring (bicyclic) bond motifs is 1. The van der Waals surface area contributed by atoms with E-state index in [-0.39, 0.29) is 28.9 Å². The number of hydrogen-bond donors (Lipinski definition) is 1. The van der Waals surface area contributed by atoms with Crippen LogP contribution in [0.15, 0.2) is 95.1 Å². The van der Waals surface area contributed by atoms with Gasteiger partial charge in [-0.05, 0) is 93.8 Å². The molecule has 0 spiro atoms. The van der Waals surface area contributed by atoms with Crippen LogP contribution < -0.4 is 24.4 Å². The molecule has 1 atom stereocenters. The number of methoxy groups -OCH3 is 2. The van der Waals surface area contributed by atoms with Crippen molar-refractivity contribution in [2.45, 2.75) is 45.1 Å². The molecular formula is C41H35BrClF3N6O3. The highest BCUT2D eigenvalue weighted by molar-refractivity contribution is 9.10. The lowest BCUT2D eigenvalue weighted by Gasteiger charge is -2.32. The van der Waals surface area contributed by atoms with Crippen LogP contribution in [0.5, 0.6) is 17.2 Å². The summed E-state index contributed by atoms with van der Waals surface area (Å²) >= 11 is 11.0. The molecule has 1 N–H and O–H groups in total. The number of anilines is 2. The summed E-state index contributed by atoms with van der Waals surface area (Å²) in [5.41, 5.74) is 4.90. The quantitative estimate of drug-likeness (QED) is 0.157. The fraction of sp³-hybridized carbons (Fsp3) is 0.244. The first-order chi connectivity index (χ1) is 26.5. The Kier molecular flexibility index (Phi) is 9.85. The standard InChI is InChI=1S/C41H35BrClF3N6O3/c1-23-31(41(44,45)46)18-48-39(51(20-24-4-8-26(53-2)9-5-24)21-25-6-10-27(54-3)11-7-25)35(23)29-16-34-36-38(37(29)43)49-22-50-40(36)52(14-15-55-34)33-13-12-28-30(33)17-47-19-32(28)42/h4-11,14-19,33,49H,12-13,20-22H2,1-3H3. The van der Waals surface area contributed by atoms with Crippen LogP contribution in [-0.4, -0.2) is 41.6 Å². The number of hydrogen-bond acceptors (Lipinski definition) is 9. The van der Waals surface area contributed by atoms with E-state index in [4.69, 9.17) is 30.8 Å². The van der Waals surface area contributed by atoms with E-state index in [0.717, 1.165) is 40.2 Å². The molecule has 0 saturated heterocycles. The summed E-state index contributed by atoms with van der Waals surface area (Å²) in [6.45, 7) is 2.28. The summed E-state index contributed by atoms with van der Waals surface area (Å²) in [6.07, 6.45) is 5.01. The van der Waals surface area contributed by atoms with Gasteiger partial charge in [-0.15, -0.1) is 0 Å².